The van der Waals surface area contributed by atoms with Crippen molar-refractivity contribution < 1.29 is 32.1 Å². The molecule has 0 radical (unpaired) electrons. The highest BCUT2D eigenvalue weighted by Crippen LogP contribution is 2.23. The van der Waals surface area contributed by atoms with E-state index in [1.54, 1.807) is 0 Å². The molecule has 2 aromatic carbocycles. The molecule has 0 fully saturated rings. The number of rotatable bonds is 5. The number of benzene rings is 2. The number of hydrogen-bond donors (Lipinski definition) is 0. The van der Waals surface area contributed by atoms with Crippen LogP contribution in [0.15, 0.2) is 30.3 Å². The average Bonchev–Trinajstić information content (AvgIpc) is 2.55. The van der Waals surface area contributed by atoms with Crippen LogP contribution in [0.5, 0.6) is 0 Å². The summed E-state index contributed by atoms with van der Waals surface area (Å²) in [4.78, 5) is 30.6. The predicted molar refractivity (Wildman–Crippen MR) is 94.9 cm³/mol. The van der Waals surface area contributed by atoms with Crippen molar-refractivity contribution in [1.82, 2.24) is 0 Å². The third kappa shape index (κ3) is 6.90. The van der Waals surface area contributed by atoms with Gasteiger partial charge >= 0.3 is 5.69 Å². The second-order valence-corrected chi connectivity index (χ2v) is 5.57. The molecule has 0 aliphatic rings. The average molecular weight is 401 g/mol. The Morgan fingerprint density at radius 1 is 0.857 bits per heavy atom. The number of halogens is 4. The summed E-state index contributed by atoms with van der Waals surface area (Å²) in [6.45, 7) is 2.45. The van der Waals surface area contributed by atoms with Gasteiger partial charge in [-0.2, -0.15) is 4.39 Å². The lowest BCUT2D eigenvalue weighted by molar-refractivity contribution is -0.387. The Hall–Kier alpha value is -3.10. The van der Waals surface area contributed by atoms with Crippen LogP contribution in [0.1, 0.15) is 32.4 Å². The van der Waals surface area contributed by atoms with Gasteiger partial charge in [-0.3, -0.25) is 19.7 Å². The number of Topliss-reactive ketones (excluding diaryl/α,β-unsaturated/α-hetero) is 2. The largest absolute Gasteiger partial charge is 0.305 e. The van der Waals surface area contributed by atoms with E-state index in [9.17, 15) is 37.3 Å². The van der Waals surface area contributed by atoms with E-state index in [4.69, 9.17) is 0 Å². The molecule has 0 N–H and O–H groups in total. The minimum Gasteiger partial charge on any atom is -0.300 e. The number of carbonyl (C=O) groups excluding carboxylic acids is 2. The molecule has 0 saturated carbocycles. The van der Waals surface area contributed by atoms with Gasteiger partial charge in [-0.15, -0.1) is 0 Å². The lowest BCUT2D eigenvalue weighted by Gasteiger charge is -2.02. The first-order valence-electron chi connectivity index (χ1n) is 7.57. The van der Waals surface area contributed by atoms with Gasteiger partial charge in [0.25, 0.3) is 0 Å². The lowest BCUT2D eigenvalue weighted by Crippen LogP contribution is -2.05. The van der Waals surface area contributed by atoms with Gasteiger partial charge in [0.2, 0.25) is 5.82 Å². The maximum Gasteiger partial charge on any atom is 0.305 e. The molecule has 28 heavy (non-hydrogen) atoms. The number of nitro groups is 1. The summed E-state index contributed by atoms with van der Waals surface area (Å²) in [7, 11) is 0. The molecular weight excluding hydrogens is 382 g/mol. The summed E-state index contributed by atoms with van der Waals surface area (Å²) in [5.41, 5.74) is -1.53. The molecule has 0 heterocycles. The Morgan fingerprint density at radius 2 is 1.29 bits per heavy atom. The summed E-state index contributed by atoms with van der Waals surface area (Å²) in [6, 6.07) is 5.06. The first-order valence-corrected chi connectivity index (χ1v) is 7.57. The maximum atomic E-state index is 13.3. The normalized spacial score (nSPS) is 9.64. The zero-order valence-electron chi connectivity index (χ0n) is 14.4. The van der Waals surface area contributed by atoms with Gasteiger partial charge in [-0.25, -0.2) is 13.2 Å². The van der Waals surface area contributed by atoms with E-state index in [0.717, 1.165) is 31.2 Å². The first kappa shape index (κ1) is 24.9. The summed E-state index contributed by atoms with van der Waals surface area (Å²) >= 11 is 0. The predicted octanol–water partition coefficient (Wildman–Crippen LogP) is 4.74. The van der Waals surface area contributed by atoms with Gasteiger partial charge in [-0.05, 0) is 32.0 Å². The fourth-order valence-electron chi connectivity index (χ4n) is 2.09. The first-order chi connectivity index (χ1) is 12.5. The van der Waals surface area contributed by atoms with Crippen LogP contribution in [0.4, 0.5) is 23.2 Å². The molecule has 0 bridgehead atoms. The molecule has 152 valence electrons. The molecule has 0 amide bonds. The fourth-order valence-corrected chi connectivity index (χ4v) is 2.09. The molecule has 0 unspecified atom stereocenters. The van der Waals surface area contributed by atoms with Crippen molar-refractivity contribution >= 4 is 17.3 Å². The van der Waals surface area contributed by atoms with Gasteiger partial charge in [0, 0.05) is 30.0 Å². The second kappa shape index (κ2) is 10.9. The summed E-state index contributed by atoms with van der Waals surface area (Å²) in [6.07, 6.45) is -0.669. The van der Waals surface area contributed by atoms with Crippen molar-refractivity contribution in [2.75, 3.05) is 0 Å². The van der Waals surface area contributed by atoms with Gasteiger partial charge in [0.15, 0.2) is 0 Å². The number of hydrogen-bond acceptors (Lipinski definition) is 4. The number of nitrogens with zero attached hydrogens (tertiary/aromatic N) is 1. The third-order valence-corrected chi connectivity index (χ3v) is 3.28. The van der Waals surface area contributed by atoms with Crippen molar-refractivity contribution in [3.8, 4) is 0 Å². The van der Waals surface area contributed by atoms with Crippen LogP contribution in [0, 0.1) is 33.4 Å². The van der Waals surface area contributed by atoms with Crippen LogP contribution in [0.2, 0.25) is 0 Å². The van der Waals surface area contributed by atoms with Crippen LogP contribution in [0.3, 0.4) is 0 Å². The maximum absolute atomic E-state index is 13.3. The van der Waals surface area contributed by atoms with Crippen molar-refractivity contribution in [3.05, 3.63) is 74.8 Å². The minimum absolute atomic E-state index is 0. The van der Waals surface area contributed by atoms with E-state index in [2.05, 4.69) is 0 Å². The van der Waals surface area contributed by atoms with Crippen molar-refractivity contribution in [3.63, 3.8) is 0 Å². The number of ketones is 2. The van der Waals surface area contributed by atoms with E-state index in [1.807, 2.05) is 0 Å². The molecular formula is C19H19F4NO4. The highest BCUT2D eigenvalue weighted by molar-refractivity contribution is 5.78. The van der Waals surface area contributed by atoms with Gasteiger partial charge in [0.1, 0.15) is 29.0 Å². The van der Waals surface area contributed by atoms with E-state index in [1.165, 1.54) is 13.0 Å². The van der Waals surface area contributed by atoms with Crippen LogP contribution in [-0.2, 0) is 22.4 Å². The topological polar surface area (TPSA) is 77.3 Å². The number of carbonyl (C=O) groups is 2. The molecule has 2 aromatic rings. The Kier molecular flexibility index (Phi) is 9.70. The molecule has 0 spiro atoms. The van der Waals surface area contributed by atoms with E-state index >= 15 is 0 Å². The Morgan fingerprint density at radius 3 is 1.71 bits per heavy atom. The zero-order valence-corrected chi connectivity index (χ0v) is 14.4. The Balaban J connectivity index is 0.000000514. The summed E-state index contributed by atoms with van der Waals surface area (Å²) in [5.74, 6) is -4.27. The standard InChI is InChI=1S/C9H7F2NO3.C9H8F2O.CH4/c1-5(13)4-6-7(10)2-3-8(9(6)11)12(14)15;1-6(12)5-7-8(10)3-2-4-9(7)11;/h2-3H,4H2,1H3;2-4H,5H2,1H3;1H4. The van der Waals surface area contributed by atoms with Crippen molar-refractivity contribution in [1.29, 1.82) is 0 Å². The van der Waals surface area contributed by atoms with Gasteiger partial charge in [-0.1, -0.05) is 13.5 Å². The van der Waals surface area contributed by atoms with E-state index in [-0.39, 0.29) is 25.2 Å². The number of nitro benzene ring substituents is 1. The monoisotopic (exact) mass is 401 g/mol. The smallest absolute Gasteiger partial charge is 0.300 e. The Labute approximate surface area is 159 Å². The van der Waals surface area contributed by atoms with E-state index in [0.29, 0.717) is 0 Å². The SMILES string of the molecule is C.CC(=O)Cc1c(F)ccc([N+](=O)[O-])c1F.CC(=O)Cc1c(F)cccc1F. The highest BCUT2D eigenvalue weighted by atomic mass is 19.1. The van der Waals surface area contributed by atoms with E-state index < -0.39 is 51.6 Å². The fraction of sp³-hybridized carbons (Fsp3) is 0.263. The molecule has 0 aliphatic heterocycles. The van der Waals surface area contributed by atoms with Gasteiger partial charge < -0.3 is 0 Å². The molecule has 2 rings (SSSR count). The van der Waals surface area contributed by atoms with Crippen molar-refractivity contribution in [2.24, 2.45) is 0 Å². The van der Waals surface area contributed by atoms with Crippen LogP contribution in [0.25, 0.3) is 0 Å². The minimum atomic E-state index is -1.28. The molecule has 5 nitrogen and oxygen atoms in total. The molecule has 9 heteroatoms. The van der Waals surface area contributed by atoms with Crippen LogP contribution >= 0.6 is 0 Å². The van der Waals surface area contributed by atoms with Crippen molar-refractivity contribution in [2.45, 2.75) is 34.1 Å². The Bertz CT molecular complexity index is 864. The zero-order chi connectivity index (χ0) is 20.7. The molecule has 0 atom stereocenters. The third-order valence-electron chi connectivity index (χ3n) is 3.28. The summed E-state index contributed by atoms with van der Waals surface area (Å²) < 4.78 is 52.0. The summed E-state index contributed by atoms with van der Waals surface area (Å²) in [5, 5.41) is 10.3. The highest BCUT2D eigenvalue weighted by Gasteiger charge is 2.21. The molecule has 0 saturated heterocycles. The molecule has 0 aromatic heterocycles. The van der Waals surface area contributed by atoms with Crippen LogP contribution in [-0.4, -0.2) is 16.5 Å². The quantitative estimate of drug-likeness (QED) is 0.412. The second-order valence-electron chi connectivity index (χ2n) is 5.57. The molecule has 0 aliphatic carbocycles. The van der Waals surface area contributed by atoms with Crippen LogP contribution < -0.4 is 0 Å². The lowest BCUT2D eigenvalue weighted by atomic mass is 10.1. The van der Waals surface area contributed by atoms with Gasteiger partial charge in [0.05, 0.1) is 4.92 Å².